The molecule has 1 atom stereocenters. The summed E-state index contributed by atoms with van der Waals surface area (Å²) in [6, 6.07) is 0.277. The fraction of sp³-hybridized carbons (Fsp3) is 0.727. The van der Waals surface area contributed by atoms with E-state index in [0.29, 0.717) is 6.61 Å². The summed E-state index contributed by atoms with van der Waals surface area (Å²) in [6.07, 6.45) is 5.33. The van der Waals surface area contributed by atoms with Crippen molar-refractivity contribution in [3.05, 3.63) is 11.9 Å². The van der Waals surface area contributed by atoms with E-state index in [1.807, 2.05) is 6.20 Å². The van der Waals surface area contributed by atoms with Gasteiger partial charge in [0.25, 0.3) is 0 Å². The molecule has 0 aromatic carbocycles. The molecule has 0 bridgehead atoms. The number of nitrogens with one attached hydrogen (secondary N) is 1. The number of piperidine rings is 1. The van der Waals surface area contributed by atoms with Gasteiger partial charge in [-0.3, -0.25) is 4.79 Å². The molecular formula is C11H18N4O2. The molecule has 1 saturated heterocycles. The highest BCUT2D eigenvalue weighted by atomic mass is 16.5. The number of rotatable bonds is 4. The summed E-state index contributed by atoms with van der Waals surface area (Å²) < 4.78 is 6.39. The Labute approximate surface area is 100 Å². The third kappa shape index (κ3) is 3.26. The van der Waals surface area contributed by atoms with Gasteiger partial charge in [-0.25, -0.2) is 4.68 Å². The van der Waals surface area contributed by atoms with Crippen LogP contribution >= 0.6 is 0 Å². The maximum atomic E-state index is 11.3. The Kier molecular flexibility index (Phi) is 4.08. The largest absolute Gasteiger partial charge is 0.465 e. The number of nitrogens with zero attached hydrogens (tertiary/aromatic N) is 3. The maximum absolute atomic E-state index is 11.3. The van der Waals surface area contributed by atoms with Crippen LogP contribution in [-0.2, 0) is 16.1 Å². The Hall–Kier alpha value is -1.43. The van der Waals surface area contributed by atoms with E-state index in [2.05, 4.69) is 15.6 Å². The molecule has 6 nitrogen and oxygen atoms in total. The topological polar surface area (TPSA) is 69.0 Å². The van der Waals surface area contributed by atoms with Crippen molar-refractivity contribution in [2.24, 2.45) is 0 Å². The predicted molar refractivity (Wildman–Crippen MR) is 61.2 cm³/mol. The van der Waals surface area contributed by atoms with E-state index in [4.69, 9.17) is 4.74 Å². The number of hydrogen-bond donors (Lipinski definition) is 1. The number of carbonyl (C=O) groups is 1. The normalized spacial score (nSPS) is 20.2. The van der Waals surface area contributed by atoms with Crippen LogP contribution in [0.15, 0.2) is 6.20 Å². The Balaban J connectivity index is 1.93. The van der Waals surface area contributed by atoms with Gasteiger partial charge in [0.15, 0.2) is 0 Å². The molecule has 0 aliphatic carbocycles. The standard InChI is InChI=1S/C11H18N4O2/c1-2-17-11(16)8-15-7-10(13-14-15)9-5-3-4-6-12-9/h7,9,12H,2-6,8H2,1H3. The lowest BCUT2D eigenvalue weighted by molar-refractivity contribution is -0.144. The van der Waals surface area contributed by atoms with Crippen LogP contribution in [0, 0.1) is 0 Å². The number of hydrogen-bond acceptors (Lipinski definition) is 5. The molecule has 0 saturated carbocycles. The first-order valence-electron chi connectivity index (χ1n) is 6.08. The molecule has 2 heterocycles. The molecule has 1 N–H and O–H groups in total. The lowest BCUT2D eigenvalue weighted by Gasteiger charge is -2.20. The Morgan fingerprint density at radius 2 is 2.53 bits per heavy atom. The fourth-order valence-corrected chi connectivity index (χ4v) is 1.99. The molecule has 0 amide bonds. The summed E-state index contributed by atoms with van der Waals surface area (Å²) in [6.45, 7) is 3.34. The van der Waals surface area contributed by atoms with Crippen molar-refractivity contribution >= 4 is 5.97 Å². The summed E-state index contributed by atoms with van der Waals surface area (Å²) >= 11 is 0. The Morgan fingerprint density at radius 3 is 3.24 bits per heavy atom. The van der Waals surface area contributed by atoms with Gasteiger partial charge in [-0.05, 0) is 26.3 Å². The number of ether oxygens (including phenoxy) is 1. The fourth-order valence-electron chi connectivity index (χ4n) is 1.99. The highest BCUT2D eigenvalue weighted by Gasteiger charge is 2.18. The van der Waals surface area contributed by atoms with Crippen LogP contribution in [0.25, 0.3) is 0 Å². The zero-order valence-corrected chi connectivity index (χ0v) is 10.1. The number of esters is 1. The van der Waals surface area contributed by atoms with Crippen LogP contribution in [0.1, 0.15) is 37.9 Å². The van der Waals surface area contributed by atoms with Crippen LogP contribution in [0.4, 0.5) is 0 Å². The van der Waals surface area contributed by atoms with Crippen LogP contribution in [-0.4, -0.2) is 34.1 Å². The highest BCUT2D eigenvalue weighted by molar-refractivity contribution is 5.68. The molecule has 1 aliphatic heterocycles. The van der Waals surface area contributed by atoms with Gasteiger partial charge in [0, 0.05) is 0 Å². The molecule has 0 radical (unpaired) electrons. The smallest absolute Gasteiger partial charge is 0.327 e. The van der Waals surface area contributed by atoms with Gasteiger partial charge in [-0.1, -0.05) is 11.6 Å². The van der Waals surface area contributed by atoms with E-state index in [0.717, 1.165) is 18.7 Å². The van der Waals surface area contributed by atoms with Crippen molar-refractivity contribution < 1.29 is 9.53 Å². The summed E-state index contributed by atoms with van der Waals surface area (Å²) in [5.41, 5.74) is 0.911. The minimum Gasteiger partial charge on any atom is -0.465 e. The second kappa shape index (κ2) is 5.77. The summed E-state index contributed by atoms with van der Waals surface area (Å²) in [4.78, 5) is 11.3. The van der Waals surface area contributed by atoms with E-state index >= 15 is 0 Å². The van der Waals surface area contributed by atoms with Gasteiger partial charge < -0.3 is 10.1 Å². The molecule has 1 unspecified atom stereocenters. The van der Waals surface area contributed by atoms with Gasteiger partial charge in [0.05, 0.1) is 24.5 Å². The first kappa shape index (κ1) is 12.0. The summed E-state index contributed by atoms with van der Waals surface area (Å²) in [5, 5.41) is 11.4. The third-order valence-electron chi connectivity index (χ3n) is 2.82. The molecule has 2 rings (SSSR count). The van der Waals surface area contributed by atoms with Gasteiger partial charge in [0.2, 0.25) is 0 Å². The van der Waals surface area contributed by atoms with Crippen LogP contribution < -0.4 is 5.32 Å². The van der Waals surface area contributed by atoms with Gasteiger partial charge in [0.1, 0.15) is 6.54 Å². The van der Waals surface area contributed by atoms with Crippen LogP contribution in [0.3, 0.4) is 0 Å². The summed E-state index contributed by atoms with van der Waals surface area (Å²) in [5.74, 6) is -0.277. The van der Waals surface area contributed by atoms with Gasteiger partial charge in [-0.15, -0.1) is 5.10 Å². The van der Waals surface area contributed by atoms with Crippen LogP contribution in [0.2, 0.25) is 0 Å². The van der Waals surface area contributed by atoms with Crippen molar-refractivity contribution in [1.29, 1.82) is 0 Å². The zero-order chi connectivity index (χ0) is 12.1. The van der Waals surface area contributed by atoms with Crippen molar-refractivity contribution in [1.82, 2.24) is 20.3 Å². The molecular weight excluding hydrogens is 220 g/mol. The zero-order valence-electron chi connectivity index (χ0n) is 10.1. The van der Waals surface area contributed by atoms with Gasteiger partial charge >= 0.3 is 5.97 Å². The Morgan fingerprint density at radius 1 is 1.65 bits per heavy atom. The average molecular weight is 238 g/mol. The molecule has 0 spiro atoms. The molecule has 6 heteroatoms. The molecule has 1 aromatic rings. The second-order valence-corrected chi connectivity index (χ2v) is 4.15. The van der Waals surface area contributed by atoms with E-state index in [1.165, 1.54) is 17.5 Å². The minimum absolute atomic E-state index is 0.132. The first-order chi connectivity index (χ1) is 8.29. The lowest BCUT2D eigenvalue weighted by atomic mass is 10.0. The van der Waals surface area contributed by atoms with E-state index < -0.39 is 0 Å². The van der Waals surface area contributed by atoms with Crippen molar-refractivity contribution in [2.45, 2.75) is 38.8 Å². The number of carbonyl (C=O) groups excluding carboxylic acids is 1. The SMILES string of the molecule is CCOC(=O)Cn1cc(C2CCCCN2)nn1. The van der Waals surface area contributed by atoms with E-state index in [1.54, 1.807) is 6.92 Å². The average Bonchev–Trinajstić information content (AvgIpc) is 2.79. The monoisotopic (exact) mass is 238 g/mol. The Bertz CT molecular complexity index is 371. The van der Waals surface area contributed by atoms with E-state index in [9.17, 15) is 4.79 Å². The quantitative estimate of drug-likeness (QED) is 0.780. The summed E-state index contributed by atoms with van der Waals surface area (Å²) in [7, 11) is 0. The van der Waals surface area contributed by atoms with E-state index in [-0.39, 0.29) is 18.6 Å². The van der Waals surface area contributed by atoms with Crippen molar-refractivity contribution in [3.63, 3.8) is 0 Å². The molecule has 1 aliphatic rings. The second-order valence-electron chi connectivity index (χ2n) is 4.15. The molecule has 1 aromatic heterocycles. The maximum Gasteiger partial charge on any atom is 0.327 e. The van der Waals surface area contributed by atoms with Crippen molar-refractivity contribution in [2.75, 3.05) is 13.2 Å². The highest BCUT2D eigenvalue weighted by Crippen LogP contribution is 2.20. The van der Waals surface area contributed by atoms with Crippen LogP contribution in [0.5, 0.6) is 0 Å². The van der Waals surface area contributed by atoms with Crippen molar-refractivity contribution in [3.8, 4) is 0 Å². The minimum atomic E-state index is -0.277. The van der Waals surface area contributed by atoms with Gasteiger partial charge in [-0.2, -0.15) is 0 Å². The third-order valence-corrected chi connectivity index (χ3v) is 2.82. The molecule has 1 fully saturated rings. The first-order valence-corrected chi connectivity index (χ1v) is 6.08. The number of aromatic nitrogens is 3. The molecule has 94 valence electrons. The predicted octanol–water partition coefficient (Wildman–Crippen LogP) is 0.656. The lowest BCUT2D eigenvalue weighted by Crippen LogP contribution is -2.27. The molecule has 17 heavy (non-hydrogen) atoms.